The molecule has 1 aromatic rings. The van der Waals surface area contributed by atoms with Crippen LogP contribution in [-0.4, -0.2) is 46.9 Å². The van der Waals surface area contributed by atoms with Crippen LogP contribution in [-0.2, 0) is 19.1 Å². The van der Waals surface area contributed by atoms with Gasteiger partial charge in [-0.3, -0.25) is 19.3 Å². The van der Waals surface area contributed by atoms with E-state index >= 15 is 0 Å². The number of anilines is 1. The normalized spacial score (nSPS) is 19.9. The highest BCUT2D eigenvalue weighted by Crippen LogP contribution is 2.24. The van der Waals surface area contributed by atoms with Gasteiger partial charge in [0.05, 0.1) is 0 Å². The number of hydrogen-bond acceptors (Lipinski definition) is 5. The number of rotatable bonds is 8. The Morgan fingerprint density at radius 2 is 1.83 bits per heavy atom. The van der Waals surface area contributed by atoms with Crippen LogP contribution < -0.4 is 10.6 Å². The number of halogens is 1. The lowest BCUT2D eigenvalue weighted by Gasteiger charge is -2.22. The van der Waals surface area contributed by atoms with Crippen molar-refractivity contribution in [3.8, 4) is 0 Å². The highest BCUT2D eigenvalue weighted by molar-refractivity contribution is 6.08. The van der Waals surface area contributed by atoms with Crippen LogP contribution in [0.2, 0.25) is 0 Å². The summed E-state index contributed by atoms with van der Waals surface area (Å²) in [5.74, 6) is -2.09. The van der Waals surface area contributed by atoms with Crippen LogP contribution in [0.5, 0.6) is 0 Å². The van der Waals surface area contributed by atoms with Crippen molar-refractivity contribution in [2.45, 2.75) is 52.2 Å². The van der Waals surface area contributed by atoms with E-state index in [1.807, 2.05) is 13.8 Å². The zero-order chi connectivity index (χ0) is 21.8. The lowest BCUT2D eigenvalue weighted by atomic mass is 9.92. The van der Waals surface area contributed by atoms with Gasteiger partial charge in [0, 0.05) is 5.69 Å². The number of esters is 1. The van der Waals surface area contributed by atoms with Gasteiger partial charge in [-0.05, 0) is 56.9 Å². The molecule has 2 atom stereocenters. The standard InChI is InChI=1S/C20H26FN3O5/c1-12(2)9-10-20(4)18(27)24(19(28)23-20)11-16(25)29-13(3)17(26)22-15-7-5-14(21)6-8-15/h5-8,12-13H,9-11H2,1-4H3,(H,22,26)(H,23,28)/t13-,20-/m1/s1. The van der Waals surface area contributed by atoms with Crippen molar-refractivity contribution >= 4 is 29.5 Å². The summed E-state index contributed by atoms with van der Waals surface area (Å²) < 4.78 is 17.9. The van der Waals surface area contributed by atoms with Crippen molar-refractivity contribution in [2.24, 2.45) is 5.92 Å². The van der Waals surface area contributed by atoms with E-state index in [0.29, 0.717) is 18.0 Å². The van der Waals surface area contributed by atoms with Gasteiger partial charge in [0.2, 0.25) is 0 Å². The van der Waals surface area contributed by atoms with E-state index in [0.717, 1.165) is 11.3 Å². The summed E-state index contributed by atoms with van der Waals surface area (Å²) in [4.78, 5) is 49.8. The van der Waals surface area contributed by atoms with Crippen molar-refractivity contribution in [3.05, 3.63) is 30.1 Å². The topological polar surface area (TPSA) is 105 Å². The molecule has 1 aliphatic rings. The summed E-state index contributed by atoms with van der Waals surface area (Å²) in [6, 6.07) is 4.43. The van der Waals surface area contributed by atoms with Crippen LogP contribution in [0, 0.1) is 11.7 Å². The molecule has 0 radical (unpaired) electrons. The fraction of sp³-hybridized carbons (Fsp3) is 0.500. The first-order valence-corrected chi connectivity index (χ1v) is 9.42. The van der Waals surface area contributed by atoms with Gasteiger partial charge >= 0.3 is 12.0 Å². The van der Waals surface area contributed by atoms with Crippen molar-refractivity contribution in [1.29, 1.82) is 0 Å². The average Bonchev–Trinajstić information content (AvgIpc) is 2.85. The molecule has 29 heavy (non-hydrogen) atoms. The van der Waals surface area contributed by atoms with E-state index in [4.69, 9.17) is 4.74 Å². The van der Waals surface area contributed by atoms with E-state index in [9.17, 15) is 23.6 Å². The number of ether oxygens (including phenoxy) is 1. The quantitative estimate of drug-likeness (QED) is 0.509. The summed E-state index contributed by atoms with van der Waals surface area (Å²) in [5.41, 5.74) is -0.720. The monoisotopic (exact) mass is 407 g/mol. The van der Waals surface area contributed by atoms with Gasteiger partial charge in [-0.15, -0.1) is 0 Å². The second-order valence-corrected chi connectivity index (χ2v) is 7.71. The van der Waals surface area contributed by atoms with Gasteiger partial charge in [-0.25, -0.2) is 9.18 Å². The molecule has 2 N–H and O–H groups in total. The molecule has 1 aliphatic heterocycles. The van der Waals surface area contributed by atoms with Crippen LogP contribution in [0.3, 0.4) is 0 Å². The minimum atomic E-state index is -1.17. The molecule has 0 bridgehead atoms. The lowest BCUT2D eigenvalue weighted by Crippen LogP contribution is -2.44. The summed E-state index contributed by atoms with van der Waals surface area (Å²) >= 11 is 0. The van der Waals surface area contributed by atoms with Crippen molar-refractivity contribution in [3.63, 3.8) is 0 Å². The highest BCUT2D eigenvalue weighted by Gasteiger charge is 2.48. The van der Waals surface area contributed by atoms with Crippen molar-refractivity contribution in [1.82, 2.24) is 10.2 Å². The predicted octanol–water partition coefficient (Wildman–Crippen LogP) is 2.44. The van der Waals surface area contributed by atoms with Gasteiger partial charge in [-0.2, -0.15) is 0 Å². The van der Waals surface area contributed by atoms with E-state index in [2.05, 4.69) is 10.6 Å². The zero-order valence-corrected chi connectivity index (χ0v) is 17.0. The maximum Gasteiger partial charge on any atom is 0.327 e. The molecule has 1 saturated heterocycles. The summed E-state index contributed by atoms with van der Waals surface area (Å²) in [6.07, 6.45) is 0.0270. The van der Waals surface area contributed by atoms with Crippen LogP contribution >= 0.6 is 0 Å². The third kappa shape index (κ3) is 5.75. The summed E-state index contributed by atoms with van der Waals surface area (Å²) in [7, 11) is 0. The summed E-state index contributed by atoms with van der Waals surface area (Å²) in [5, 5.41) is 5.11. The SMILES string of the molecule is CC(C)CC[C@@]1(C)NC(=O)N(CC(=O)O[C@H](C)C(=O)Nc2ccc(F)cc2)C1=O. The fourth-order valence-corrected chi connectivity index (χ4v) is 2.83. The van der Waals surface area contributed by atoms with Crippen LogP contribution in [0.4, 0.5) is 14.9 Å². The molecule has 1 heterocycles. The van der Waals surface area contributed by atoms with Gasteiger partial charge < -0.3 is 15.4 Å². The Balaban J connectivity index is 1.90. The Labute approximate surface area is 168 Å². The Morgan fingerprint density at radius 3 is 2.41 bits per heavy atom. The van der Waals surface area contributed by atoms with Gasteiger partial charge in [0.1, 0.15) is 17.9 Å². The van der Waals surface area contributed by atoms with E-state index in [-0.39, 0.29) is 0 Å². The average molecular weight is 407 g/mol. The second-order valence-electron chi connectivity index (χ2n) is 7.71. The number of carbonyl (C=O) groups is 4. The maximum atomic E-state index is 12.9. The molecule has 0 aliphatic carbocycles. The maximum absolute atomic E-state index is 12.9. The number of nitrogens with one attached hydrogen (secondary N) is 2. The molecule has 8 nitrogen and oxygen atoms in total. The predicted molar refractivity (Wildman–Crippen MR) is 103 cm³/mol. The first kappa shape index (κ1) is 22.3. The first-order valence-electron chi connectivity index (χ1n) is 9.42. The van der Waals surface area contributed by atoms with Crippen LogP contribution in [0.1, 0.15) is 40.5 Å². The molecule has 158 valence electrons. The Bertz CT molecular complexity index is 796. The molecule has 1 fully saturated rings. The molecule has 0 saturated carbocycles. The lowest BCUT2D eigenvalue weighted by molar-refractivity contribution is -0.155. The molecule has 4 amide bonds. The number of carbonyl (C=O) groups excluding carboxylic acids is 4. The van der Waals surface area contributed by atoms with E-state index < -0.39 is 47.8 Å². The fourth-order valence-electron chi connectivity index (χ4n) is 2.83. The highest BCUT2D eigenvalue weighted by atomic mass is 19.1. The largest absolute Gasteiger partial charge is 0.451 e. The molecule has 0 spiro atoms. The van der Waals surface area contributed by atoms with Crippen molar-refractivity contribution < 1.29 is 28.3 Å². The molecule has 2 rings (SSSR count). The first-order chi connectivity index (χ1) is 13.5. The van der Waals surface area contributed by atoms with Gasteiger partial charge in [-0.1, -0.05) is 13.8 Å². The third-order valence-electron chi connectivity index (χ3n) is 4.64. The van der Waals surface area contributed by atoms with Gasteiger partial charge in [0.15, 0.2) is 6.10 Å². The number of nitrogens with zero attached hydrogens (tertiary/aromatic N) is 1. The molecular formula is C20H26FN3O5. The van der Waals surface area contributed by atoms with E-state index in [1.54, 1.807) is 6.92 Å². The molecular weight excluding hydrogens is 381 g/mol. The number of hydrogen-bond donors (Lipinski definition) is 2. The third-order valence-corrected chi connectivity index (χ3v) is 4.64. The molecule has 0 unspecified atom stereocenters. The number of amides is 4. The Hall–Kier alpha value is -2.97. The number of imide groups is 1. The zero-order valence-electron chi connectivity index (χ0n) is 17.0. The van der Waals surface area contributed by atoms with Crippen LogP contribution in [0.25, 0.3) is 0 Å². The minimum absolute atomic E-state index is 0.342. The number of urea groups is 1. The van der Waals surface area contributed by atoms with E-state index in [1.165, 1.54) is 31.2 Å². The molecule has 9 heteroatoms. The second kappa shape index (κ2) is 9.02. The van der Waals surface area contributed by atoms with Crippen molar-refractivity contribution in [2.75, 3.05) is 11.9 Å². The smallest absolute Gasteiger partial charge is 0.327 e. The Morgan fingerprint density at radius 1 is 1.21 bits per heavy atom. The molecule has 1 aromatic carbocycles. The van der Waals surface area contributed by atoms with Crippen LogP contribution in [0.15, 0.2) is 24.3 Å². The minimum Gasteiger partial charge on any atom is -0.451 e. The summed E-state index contributed by atoms with van der Waals surface area (Å²) in [6.45, 7) is 6.42. The Kier molecular flexibility index (Phi) is 6.94. The molecule has 0 aromatic heterocycles. The number of benzene rings is 1. The van der Waals surface area contributed by atoms with Gasteiger partial charge in [0.25, 0.3) is 11.8 Å².